The lowest BCUT2D eigenvalue weighted by Crippen LogP contribution is -2.37. The normalized spacial score (nSPS) is 15.5. The molecule has 1 fully saturated rings. The number of aromatic nitrogens is 4. The summed E-state index contributed by atoms with van der Waals surface area (Å²) >= 11 is 0. The van der Waals surface area contributed by atoms with Gasteiger partial charge in [0.1, 0.15) is 0 Å². The number of ether oxygens (including phenoxy) is 1. The van der Waals surface area contributed by atoms with Gasteiger partial charge >= 0.3 is 0 Å². The van der Waals surface area contributed by atoms with Crippen molar-refractivity contribution in [3.63, 3.8) is 0 Å². The van der Waals surface area contributed by atoms with Crippen molar-refractivity contribution in [2.24, 2.45) is 0 Å². The minimum atomic E-state index is -0.429. The Labute approximate surface area is 171 Å². The van der Waals surface area contributed by atoms with Crippen LogP contribution in [0.25, 0.3) is 22.5 Å². The molecule has 2 aromatic heterocycles. The second kappa shape index (κ2) is 8.71. The smallest absolute Gasteiger partial charge is 0.226 e. The number of benzene rings is 1. The van der Waals surface area contributed by atoms with E-state index in [1.54, 1.807) is 11.6 Å². The van der Waals surface area contributed by atoms with Gasteiger partial charge in [0.15, 0.2) is 0 Å². The summed E-state index contributed by atoms with van der Waals surface area (Å²) < 4.78 is 7.23. The Hall–Kier alpha value is -2.77. The fourth-order valence-electron chi connectivity index (χ4n) is 3.44. The monoisotopic (exact) mass is 393 g/mol. The van der Waals surface area contributed by atoms with Gasteiger partial charge in [0.25, 0.3) is 0 Å². The number of aliphatic hydroxyl groups excluding tert-OH is 1. The molecule has 0 bridgehead atoms. The van der Waals surface area contributed by atoms with E-state index in [-0.39, 0.29) is 0 Å². The molecule has 1 aliphatic rings. The molecule has 7 nitrogen and oxygen atoms in total. The highest BCUT2D eigenvalue weighted by atomic mass is 16.5. The quantitative estimate of drug-likeness (QED) is 0.694. The van der Waals surface area contributed by atoms with E-state index in [0.29, 0.717) is 19.8 Å². The zero-order valence-corrected chi connectivity index (χ0v) is 17.0. The third-order valence-electron chi connectivity index (χ3n) is 4.97. The van der Waals surface area contributed by atoms with Crippen LogP contribution in [0.3, 0.4) is 0 Å². The average molecular weight is 393 g/mol. The summed E-state index contributed by atoms with van der Waals surface area (Å²) in [4.78, 5) is 11.8. The van der Waals surface area contributed by atoms with E-state index < -0.39 is 6.10 Å². The van der Waals surface area contributed by atoms with Crippen molar-refractivity contribution in [2.75, 3.05) is 31.2 Å². The van der Waals surface area contributed by atoms with Crippen molar-refractivity contribution < 1.29 is 9.84 Å². The molecule has 4 rings (SSSR count). The lowest BCUT2D eigenvalue weighted by molar-refractivity contribution is 0.122. The van der Waals surface area contributed by atoms with E-state index in [1.807, 2.05) is 24.4 Å². The number of aliphatic hydroxyl groups is 1. The molecule has 29 heavy (non-hydrogen) atoms. The number of anilines is 1. The highest BCUT2D eigenvalue weighted by Gasteiger charge is 2.16. The van der Waals surface area contributed by atoms with Gasteiger partial charge < -0.3 is 14.7 Å². The van der Waals surface area contributed by atoms with Crippen LogP contribution in [0.2, 0.25) is 0 Å². The first-order chi connectivity index (χ1) is 14.1. The molecule has 1 aromatic carbocycles. The van der Waals surface area contributed by atoms with Crippen LogP contribution >= 0.6 is 0 Å². The minimum Gasteiger partial charge on any atom is -0.391 e. The Kier molecular flexibility index (Phi) is 5.87. The summed E-state index contributed by atoms with van der Waals surface area (Å²) in [7, 11) is 0. The van der Waals surface area contributed by atoms with Gasteiger partial charge in [0.2, 0.25) is 5.95 Å². The molecular formula is C22H27N5O2. The molecule has 152 valence electrons. The molecule has 3 aromatic rings. The number of rotatable bonds is 6. The largest absolute Gasteiger partial charge is 0.391 e. The maximum absolute atomic E-state index is 9.57. The van der Waals surface area contributed by atoms with Crippen LogP contribution in [0, 0.1) is 0 Å². The lowest BCUT2D eigenvalue weighted by atomic mass is 10.1. The summed E-state index contributed by atoms with van der Waals surface area (Å²) in [5.41, 5.74) is 4.90. The molecular weight excluding hydrogens is 366 g/mol. The van der Waals surface area contributed by atoms with Gasteiger partial charge in [-0.1, -0.05) is 25.1 Å². The number of nitrogens with zero attached hydrogens (tertiary/aromatic N) is 5. The van der Waals surface area contributed by atoms with E-state index in [4.69, 9.17) is 14.7 Å². The summed E-state index contributed by atoms with van der Waals surface area (Å²) in [6, 6.07) is 12.3. The average Bonchev–Trinajstić information content (AvgIpc) is 3.22. The summed E-state index contributed by atoms with van der Waals surface area (Å²) in [5.74, 6) is 0.772. The Balaban J connectivity index is 1.66. The molecule has 0 spiro atoms. The summed E-state index contributed by atoms with van der Waals surface area (Å²) in [5, 5.41) is 14.2. The van der Waals surface area contributed by atoms with E-state index in [0.717, 1.165) is 53.7 Å². The van der Waals surface area contributed by atoms with Crippen LogP contribution in [0.4, 0.5) is 5.95 Å². The molecule has 1 saturated heterocycles. The highest BCUT2D eigenvalue weighted by molar-refractivity contribution is 5.70. The number of hydrogen-bond acceptors (Lipinski definition) is 6. The van der Waals surface area contributed by atoms with Gasteiger partial charge in [0.05, 0.1) is 37.3 Å². The third kappa shape index (κ3) is 4.63. The zero-order valence-electron chi connectivity index (χ0n) is 17.0. The highest BCUT2D eigenvalue weighted by Crippen LogP contribution is 2.26. The van der Waals surface area contributed by atoms with Crippen LogP contribution in [0.5, 0.6) is 0 Å². The number of aryl methyl sites for hydroxylation is 1. The summed E-state index contributed by atoms with van der Waals surface area (Å²) in [6.07, 6.45) is 2.32. The van der Waals surface area contributed by atoms with Crippen molar-refractivity contribution in [1.29, 1.82) is 0 Å². The lowest BCUT2D eigenvalue weighted by Gasteiger charge is -2.27. The van der Waals surface area contributed by atoms with Crippen molar-refractivity contribution >= 4 is 5.95 Å². The number of hydrogen-bond donors (Lipinski definition) is 1. The Bertz CT molecular complexity index is 963. The van der Waals surface area contributed by atoms with Gasteiger partial charge in [-0.05, 0) is 31.5 Å². The van der Waals surface area contributed by atoms with Crippen LogP contribution < -0.4 is 4.90 Å². The van der Waals surface area contributed by atoms with Crippen LogP contribution in [-0.4, -0.2) is 57.3 Å². The predicted octanol–water partition coefficient (Wildman–Crippen LogP) is 2.79. The Morgan fingerprint density at radius 1 is 1.07 bits per heavy atom. The van der Waals surface area contributed by atoms with Crippen molar-refractivity contribution in [1.82, 2.24) is 19.7 Å². The molecule has 3 heterocycles. The summed E-state index contributed by atoms with van der Waals surface area (Å²) in [6.45, 7) is 7.39. The van der Waals surface area contributed by atoms with Crippen molar-refractivity contribution in [3.8, 4) is 22.5 Å². The van der Waals surface area contributed by atoms with E-state index in [9.17, 15) is 5.11 Å². The van der Waals surface area contributed by atoms with Crippen LogP contribution in [0.1, 0.15) is 19.5 Å². The first kappa shape index (κ1) is 19.5. The molecule has 0 aliphatic carbocycles. The number of morpholine rings is 1. The molecule has 7 heteroatoms. The standard InChI is InChI=1S/C22H27N5O2/c1-3-19-14-21(24-22(23-19)26-9-11-29-12-10-26)18-6-4-5-17(13-18)20-7-8-27(25-20)15-16(2)28/h4-8,13-14,16,28H,3,9-12,15H2,1-2H3/t16-/m1/s1. The topological polar surface area (TPSA) is 76.3 Å². The maximum Gasteiger partial charge on any atom is 0.226 e. The Morgan fingerprint density at radius 3 is 2.55 bits per heavy atom. The SMILES string of the molecule is CCc1cc(-c2cccc(-c3ccn(C[C@@H](C)O)n3)c2)nc(N2CCOCC2)n1. The third-order valence-corrected chi connectivity index (χ3v) is 4.97. The molecule has 1 N–H and O–H groups in total. The Morgan fingerprint density at radius 2 is 1.83 bits per heavy atom. The predicted molar refractivity (Wildman–Crippen MR) is 113 cm³/mol. The minimum absolute atomic E-state index is 0.429. The van der Waals surface area contributed by atoms with Gasteiger partial charge in [0, 0.05) is 36.1 Å². The van der Waals surface area contributed by atoms with Gasteiger partial charge in [-0.25, -0.2) is 9.97 Å². The van der Waals surface area contributed by atoms with Gasteiger partial charge in [-0.3, -0.25) is 4.68 Å². The maximum atomic E-state index is 9.57. The zero-order chi connectivity index (χ0) is 20.2. The van der Waals surface area contributed by atoms with E-state index >= 15 is 0 Å². The first-order valence-corrected chi connectivity index (χ1v) is 10.2. The fourth-order valence-corrected chi connectivity index (χ4v) is 3.44. The fraction of sp³-hybridized carbons (Fsp3) is 0.409. The van der Waals surface area contributed by atoms with Crippen molar-refractivity contribution in [2.45, 2.75) is 32.9 Å². The van der Waals surface area contributed by atoms with Crippen LogP contribution in [0.15, 0.2) is 42.6 Å². The molecule has 0 radical (unpaired) electrons. The molecule has 0 saturated carbocycles. The van der Waals surface area contributed by atoms with E-state index in [2.05, 4.69) is 35.1 Å². The first-order valence-electron chi connectivity index (χ1n) is 10.2. The van der Waals surface area contributed by atoms with Gasteiger partial charge in [-0.15, -0.1) is 0 Å². The second-order valence-electron chi connectivity index (χ2n) is 7.35. The molecule has 1 atom stereocenters. The van der Waals surface area contributed by atoms with Gasteiger partial charge in [-0.2, -0.15) is 5.10 Å². The van der Waals surface area contributed by atoms with Crippen molar-refractivity contribution in [3.05, 3.63) is 48.3 Å². The molecule has 0 amide bonds. The second-order valence-corrected chi connectivity index (χ2v) is 7.35. The molecule has 0 unspecified atom stereocenters. The van der Waals surface area contributed by atoms with E-state index in [1.165, 1.54) is 0 Å². The molecule has 1 aliphatic heterocycles. The van der Waals surface area contributed by atoms with Crippen LogP contribution in [-0.2, 0) is 17.7 Å².